The van der Waals surface area contributed by atoms with Crippen LogP contribution in [0.1, 0.15) is 55.2 Å². The zero-order valence-electron chi connectivity index (χ0n) is 20.8. The first-order valence-corrected chi connectivity index (χ1v) is 12.6. The van der Waals surface area contributed by atoms with Gasteiger partial charge in [0, 0.05) is 58.6 Å². The first-order chi connectivity index (χ1) is 16.2. The quantitative estimate of drug-likeness (QED) is 0.296. The van der Waals surface area contributed by atoms with Gasteiger partial charge in [-0.05, 0) is 55.9 Å². The van der Waals surface area contributed by atoms with Crippen LogP contribution in [0.15, 0.2) is 47.6 Å². The maximum Gasteiger partial charge on any atom is 0.191 e. The monoisotopic (exact) mass is 576 g/mol. The zero-order chi connectivity index (χ0) is 22.9. The van der Waals surface area contributed by atoms with Crippen molar-refractivity contribution in [3.8, 4) is 0 Å². The van der Waals surface area contributed by atoms with Gasteiger partial charge in [-0.3, -0.25) is 9.89 Å². The molecule has 1 aromatic carbocycles. The molecular weight excluding hydrogens is 535 g/mol. The third-order valence-electron chi connectivity index (χ3n) is 6.84. The van der Waals surface area contributed by atoms with E-state index in [9.17, 15) is 0 Å². The van der Waals surface area contributed by atoms with E-state index >= 15 is 0 Å². The van der Waals surface area contributed by atoms with Crippen molar-refractivity contribution in [3.05, 3.63) is 59.3 Å². The number of benzene rings is 1. The molecule has 0 atom stereocenters. The number of hydrogen-bond acceptors (Lipinski definition) is 4. The Labute approximate surface area is 222 Å². The normalized spacial score (nSPS) is 18.2. The summed E-state index contributed by atoms with van der Waals surface area (Å²) < 4.78 is 0. The second kappa shape index (κ2) is 13.9. The molecule has 3 heterocycles. The van der Waals surface area contributed by atoms with Crippen molar-refractivity contribution in [2.24, 2.45) is 4.99 Å². The van der Waals surface area contributed by atoms with Crippen LogP contribution in [0, 0.1) is 6.92 Å². The average molecular weight is 577 g/mol. The van der Waals surface area contributed by atoms with E-state index in [1.165, 1.54) is 42.4 Å². The summed E-state index contributed by atoms with van der Waals surface area (Å²) in [6, 6.07) is 13.7. The topological polar surface area (TPSA) is 55.8 Å². The Kier molecular flexibility index (Phi) is 10.9. The highest BCUT2D eigenvalue weighted by molar-refractivity contribution is 14.0. The van der Waals surface area contributed by atoms with Crippen LogP contribution < -0.4 is 15.5 Å². The number of aromatic nitrogens is 1. The Balaban J connectivity index is 0.00000324. The van der Waals surface area contributed by atoms with Crippen LogP contribution in [-0.2, 0) is 13.1 Å². The summed E-state index contributed by atoms with van der Waals surface area (Å²) >= 11 is 0. The number of halogens is 1. The van der Waals surface area contributed by atoms with E-state index in [1.807, 2.05) is 13.2 Å². The summed E-state index contributed by atoms with van der Waals surface area (Å²) in [5.41, 5.74) is 4.00. The predicted molar refractivity (Wildman–Crippen MR) is 153 cm³/mol. The number of anilines is 1. The minimum absolute atomic E-state index is 0. The summed E-state index contributed by atoms with van der Waals surface area (Å²) in [6.45, 7) is 8.45. The number of aryl methyl sites for hydroxylation is 1. The van der Waals surface area contributed by atoms with Gasteiger partial charge in [-0.1, -0.05) is 42.7 Å². The van der Waals surface area contributed by atoms with Crippen molar-refractivity contribution in [2.45, 2.75) is 64.6 Å². The highest BCUT2D eigenvalue weighted by Gasteiger charge is 2.20. The third-order valence-corrected chi connectivity index (χ3v) is 6.84. The molecule has 2 N–H and O–H groups in total. The summed E-state index contributed by atoms with van der Waals surface area (Å²) in [6.07, 6.45) is 9.43. The third kappa shape index (κ3) is 8.12. The second-order valence-corrected chi connectivity index (χ2v) is 9.53. The molecule has 2 saturated heterocycles. The predicted octanol–water partition coefficient (Wildman–Crippen LogP) is 4.72. The molecule has 0 aliphatic carbocycles. The lowest BCUT2D eigenvalue weighted by Crippen LogP contribution is -2.48. The number of rotatable bonds is 6. The Hall–Kier alpha value is -1.87. The number of piperidine rings is 1. The number of nitrogens with one attached hydrogen (secondary N) is 2. The van der Waals surface area contributed by atoms with E-state index in [0.717, 1.165) is 63.9 Å². The summed E-state index contributed by atoms with van der Waals surface area (Å²) in [5, 5.41) is 7.15. The number of pyridine rings is 1. The average Bonchev–Trinajstić information content (AvgIpc) is 3.13. The molecule has 0 unspecified atom stereocenters. The Bertz CT molecular complexity index is 901. The Morgan fingerprint density at radius 2 is 1.76 bits per heavy atom. The summed E-state index contributed by atoms with van der Waals surface area (Å²) in [7, 11) is 1.86. The lowest BCUT2D eigenvalue weighted by atomic mass is 10.0. The molecule has 2 aromatic rings. The molecule has 0 radical (unpaired) electrons. The molecule has 0 saturated carbocycles. The molecule has 6 nitrogen and oxygen atoms in total. The number of guanidine groups is 1. The van der Waals surface area contributed by atoms with Gasteiger partial charge in [-0.25, -0.2) is 4.98 Å². The van der Waals surface area contributed by atoms with Gasteiger partial charge in [0.15, 0.2) is 5.96 Å². The molecule has 0 amide bonds. The van der Waals surface area contributed by atoms with Crippen LogP contribution in [0.5, 0.6) is 0 Å². The van der Waals surface area contributed by atoms with Crippen LogP contribution in [0.2, 0.25) is 0 Å². The minimum Gasteiger partial charge on any atom is -0.357 e. The van der Waals surface area contributed by atoms with E-state index in [0.29, 0.717) is 6.04 Å². The van der Waals surface area contributed by atoms with Gasteiger partial charge in [0.25, 0.3) is 0 Å². The Morgan fingerprint density at radius 1 is 1.00 bits per heavy atom. The van der Waals surface area contributed by atoms with Gasteiger partial charge in [0.2, 0.25) is 0 Å². The van der Waals surface area contributed by atoms with Crippen LogP contribution >= 0.6 is 24.0 Å². The molecule has 4 rings (SSSR count). The van der Waals surface area contributed by atoms with Gasteiger partial charge in [-0.15, -0.1) is 24.0 Å². The first-order valence-electron chi connectivity index (χ1n) is 12.6. The highest BCUT2D eigenvalue weighted by atomic mass is 127. The standard InChI is InChI=1S/C27H40N6.HI/c1-22-8-7-9-24(18-22)21-32-16-11-25(12-17-32)31-27(28-2)30-20-23-10-13-29-26(19-23)33-14-5-3-4-6-15-33;/h7-10,13,18-19,25H,3-6,11-12,14-17,20-21H2,1-2H3,(H2,28,30,31);1H. The molecule has 186 valence electrons. The van der Waals surface area contributed by atoms with E-state index in [4.69, 9.17) is 0 Å². The molecule has 34 heavy (non-hydrogen) atoms. The van der Waals surface area contributed by atoms with Gasteiger partial charge in [0.05, 0.1) is 0 Å². The number of aliphatic imine (C=N–C) groups is 1. The molecule has 2 aliphatic heterocycles. The van der Waals surface area contributed by atoms with Crippen molar-refractivity contribution in [3.63, 3.8) is 0 Å². The first kappa shape index (κ1) is 26.7. The molecule has 0 spiro atoms. The summed E-state index contributed by atoms with van der Waals surface area (Å²) in [5.74, 6) is 2.00. The second-order valence-electron chi connectivity index (χ2n) is 9.53. The molecule has 7 heteroatoms. The fraction of sp³-hybridized carbons (Fsp3) is 0.556. The number of hydrogen-bond donors (Lipinski definition) is 2. The molecule has 2 fully saturated rings. The van der Waals surface area contributed by atoms with E-state index in [2.05, 4.69) is 73.7 Å². The SMILES string of the molecule is CN=C(NCc1ccnc(N2CCCCCC2)c1)NC1CCN(Cc2cccc(C)c2)CC1.I. The zero-order valence-corrected chi connectivity index (χ0v) is 23.1. The smallest absolute Gasteiger partial charge is 0.191 e. The van der Waals surface area contributed by atoms with Crippen LogP contribution in [0.3, 0.4) is 0 Å². The molecule has 1 aromatic heterocycles. The molecule has 0 bridgehead atoms. The largest absolute Gasteiger partial charge is 0.357 e. The maximum absolute atomic E-state index is 4.64. The van der Waals surface area contributed by atoms with Crippen LogP contribution in [-0.4, -0.2) is 55.1 Å². The van der Waals surface area contributed by atoms with Crippen molar-refractivity contribution in [1.82, 2.24) is 20.5 Å². The van der Waals surface area contributed by atoms with E-state index < -0.39 is 0 Å². The number of nitrogens with zero attached hydrogens (tertiary/aromatic N) is 4. The Morgan fingerprint density at radius 3 is 2.47 bits per heavy atom. The van der Waals surface area contributed by atoms with E-state index in [-0.39, 0.29) is 24.0 Å². The van der Waals surface area contributed by atoms with Gasteiger partial charge in [0.1, 0.15) is 5.82 Å². The van der Waals surface area contributed by atoms with Crippen LogP contribution in [0.4, 0.5) is 5.82 Å². The highest BCUT2D eigenvalue weighted by Crippen LogP contribution is 2.18. The summed E-state index contributed by atoms with van der Waals surface area (Å²) in [4.78, 5) is 14.1. The minimum atomic E-state index is 0. The molecule has 2 aliphatic rings. The number of likely N-dealkylation sites (tertiary alicyclic amines) is 1. The fourth-order valence-corrected chi connectivity index (χ4v) is 4.92. The lowest BCUT2D eigenvalue weighted by Gasteiger charge is -2.33. The van der Waals surface area contributed by atoms with Crippen molar-refractivity contribution in [1.29, 1.82) is 0 Å². The van der Waals surface area contributed by atoms with E-state index in [1.54, 1.807) is 0 Å². The van der Waals surface area contributed by atoms with Crippen molar-refractivity contribution < 1.29 is 0 Å². The van der Waals surface area contributed by atoms with Crippen molar-refractivity contribution >= 4 is 35.8 Å². The van der Waals surface area contributed by atoms with Crippen molar-refractivity contribution in [2.75, 3.05) is 38.1 Å². The fourth-order valence-electron chi connectivity index (χ4n) is 4.92. The van der Waals surface area contributed by atoms with Crippen LogP contribution in [0.25, 0.3) is 0 Å². The van der Waals surface area contributed by atoms with Gasteiger partial charge in [-0.2, -0.15) is 0 Å². The molecular formula is C27H41IN6. The van der Waals surface area contributed by atoms with Gasteiger partial charge < -0.3 is 15.5 Å². The lowest BCUT2D eigenvalue weighted by molar-refractivity contribution is 0.198. The maximum atomic E-state index is 4.64. The van der Waals surface area contributed by atoms with Gasteiger partial charge >= 0.3 is 0 Å².